The van der Waals surface area contributed by atoms with E-state index in [4.69, 9.17) is 0 Å². The summed E-state index contributed by atoms with van der Waals surface area (Å²) in [5.41, 5.74) is 0.908. The van der Waals surface area contributed by atoms with Gasteiger partial charge in [-0.25, -0.2) is 0 Å². The van der Waals surface area contributed by atoms with Crippen LogP contribution in [0.2, 0.25) is 0 Å². The minimum absolute atomic E-state index is 0.0257. The van der Waals surface area contributed by atoms with Crippen LogP contribution in [0.5, 0.6) is 0 Å². The second kappa shape index (κ2) is 6.14. The number of nitrogens with zero attached hydrogens (tertiary/aromatic N) is 2. The molecule has 0 radical (unpaired) electrons. The Morgan fingerprint density at radius 2 is 2.33 bits per heavy atom. The van der Waals surface area contributed by atoms with Crippen molar-refractivity contribution in [3.05, 3.63) is 30.1 Å². The Labute approximate surface area is 106 Å². The number of pyridine rings is 1. The number of carbonyl (C=O) groups excluding carboxylic acids is 2. The van der Waals surface area contributed by atoms with Crippen molar-refractivity contribution in [2.45, 2.75) is 19.3 Å². The van der Waals surface area contributed by atoms with Gasteiger partial charge in [0.25, 0.3) is 0 Å². The van der Waals surface area contributed by atoms with Crippen LogP contribution in [-0.2, 0) is 16.0 Å². The Bertz CT molecular complexity index is 420. The van der Waals surface area contributed by atoms with Gasteiger partial charge in [-0.3, -0.25) is 14.6 Å². The van der Waals surface area contributed by atoms with Crippen molar-refractivity contribution in [2.24, 2.45) is 0 Å². The summed E-state index contributed by atoms with van der Waals surface area (Å²) < 4.78 is 0. The summed E-state index contributed by atoms with van der Waals surface area (Å²) in [6.45, 7) is 1.49. The molecule has 1 fully saturated rings. The Balaban J connectivity index is 1.85. The topological polar surface area (TPSA) is 62.3 Å². The predicted octanol–water partition coefficient (Wildman–Crippen LogP) is 0.363. The van der Waals surface area contributed by atoms with E-state index in [-0.39, 0.29) is 18.4 Å². The van der Waals surface area contributed by atoms with Gasteiger partial charge in [0, 0.05) is 31.4 Å². The van der Waals surface area contributed by atoms with Crippen LogP contribution >= 0.6 is 0 Å². The smallest absolute Gasteiger partial charge is 0.239 e. The third-order valence-corrected chi connectivity index (χ3v) is 2.94. The van der Waals surface area contributed by atoms with E-state index in [0.29, 0.717) is 25.9 Å². The van der Waals surface area contributed by atoms with Gasteiger partial charge in [-0.2, -0.15) is 0 Å². The van der Waals surface area contributed by atoms with E-state index < -0.39 is 0 Å². The summed E-state index contributed by atoms with van der Waals surface area (Å²) in [5.74, 6) is -0.0450. The first-order valence-corrected chi connectivity index (χ1v) is 6.20. The molecule has 0 spiro atoms. The summed E-state index contributed by atoms with van der Waals surface area (Å²) in [4.78, 5) is 29.2. The predicted molar refractivity (Wildman–Crippen MR) is 66.8 cm³/mol. The molecule has 1 N–H and O–H groups in total. The Hall–Kier alpha value is -1.91. The highest BCUT2D eigenvalue weighted by Crippen LogP contribution is 2.04. The van der Waals surface area contributed by atoms with Gasteiger partial charge < -0.3 is 10.2 Å². The van der Waals surface area contributed by atoms with Crippen molar-refractivity contribution in [1.82, 2.24) is 15.2 Å². The molecule has 0 aromatic carbocycles. The monoisotopic (exact) mass is 247 g/mol. The molecule has 1 aromatic rings. The van der Waals surface area contributed by atoms with Crippen molar-refractivity contribution >= 4 is 11.8 Å². The minimum atomic E-state index is -0.0707. The molecule has 0 unspecified atom stereocenters. The van der Waals surface area contributed by atoms with Crippen LogP contribution in [0.15, 0.2) is 24.4 Å². The van der Waals surface area contributed by atoms with Crippen LogP contribution in [0, 0.1) is 0 Å². The number of hydrogen-bond acceptors (Lipinski definition) is 3. The molecule has 0 bridgehead atoms. The molecule has 2 rings (SSSR count). The molecule has 1 saturated heterocycles. The van der Waals surface area contributed by atoms with Crippen molar-refractivity contribution in [3.8, 4) is 0 Å². The number of aryl methyl sites for hydroxylation is 1. The molecule has 5 heteroatoms. The molecule has 0 aliphatic carbocycles. The minimum Gasteiger partial charge on any atom is -0.354 e. The lowest BCUT2D eigenvalue weighted by molar-refractivity contribution is -0.135. The van der Waals surface area contributed by atoms with Gasteiger partial charge in [0.15, 0.2) is 0 Å². The van der Waals surface area contributed by atoms with Gasteiger partial charge in [0.1, 0.15) is 0 Å². The van der Waals surface area contributed by atoms with Crippen LogP contribution in [0.25, 0.3) is 0 Å². The number of carbonyl (C=O) groups is 2. The average Bonchev–Trinajstić information content (AvgIpc) is 2.62. The number of rotatable bonds is 3. The average molecular weight is 247 g/mol. The van der Waals surface area contributed by atoms with Gasteiger partial charge in [-0.05, 0) is 25.0 Å². The van der Waals surface area contributed by atoms with E-state index in [1.807, 2.05) is 18.2 Å². The van der Waals surface area contributed by atoms with Crippen LogP contribution in [0.4, 0.5) is 0 Å². The largest absolute Gasteiger partial charge is 0.354 e. The highest BCUT2D eigenvalue weighted by molar-refractivity contribution is 5.85. The molecular formula is C13H17N3O2. The zero-order valence-electron chi connectivity index (χ0n) is 10.3. The molecule has 1 aliphatic heterocycles. The normalized spacial score (nSPS) is 16.0. The maximum absolute atomic E-state index is 12.0. The van der Waals surface area contributed by atoms with Gasteiger partial charge in [-0.15, -0.1) is 0 Å². The summed E-state index contributed by atoms with van der Waals surface area (Å²) in [6.07, 6.45) is 3.57. The number of nitrogens with one attached hydrogen (secondary N) is 1. The molecule has 2 amide bonds. The van der Waals surface area contributed by atoms with Crippen molar-refractivity contribution in [1.29, 1.82) is 0 Å². The van der Waals surface area contributed by atoms with Gasteiger partial charge >= 0.3 is 0 Å². The number of amides is 2. The fourth-order valence-electron chi connectivity index (χ4n) is 1.96. The van der Waals surface area contributed by atoms with Crippen LogP contribution in [0.1, 0.15) is 18.5 Å². The zero-order chi connectivity index (χ0) is 12.8. The fourth-order valence-corrected chi connectivity index (χ4v) is 1.96. The second-order valence-corrected chi connectivity index (χ2v) is 4.34. The molecule has 18 heavy (non-hydrogen) atoms. The maximum atomic E-state index is 12.0. The third kappa shape index (κ3) is 3.55. The SMILES string of the molecule is O=C1CN(C(=O)CCc2ccccn2)CCCN1. The standard InChI is InChI=1S/C13H17N3O2/c17-12-10-16(9-3-8-15-12)13(18)6-5-11-4-1-2-7-14-11/h1-2,4,7H,3,5-6,8-10H2,(H,15,17). The van der Waals surface area contributed by atoms with Crippen LogP contribution < -0.4 is 5.32 Å². The molecule has 5 nitrogen and oxygen atoms in total. The molecule has 1 aromatic heterocycles. The molecule has 2 heterocycles. The summed E-state index contributed by atoms with van der Waals surface area (Å²) >= 11 is 0. The fraction of sp³-hybridized carbons (Fsp3) is 0.462. The van der Waals surface area contributed by atoms with Gasteiger partial charge in [0.05, 0.1) is 6.54 Å². The zero-order valence-corrected chi connectivity index (χ0v) is 10.3. The lowest BCUT2D eigenvalue weighted by Gasteiger charge is -2.18. The Morgan fingerprint density at radius 1 is 1.44 bits per heavy atom. The second-order valence-electron chi connectivity index (χ2n) is 4.34. The number of hydrogen-bond donors (Lipinski definition) is 1. The molecule has 96 valence electrons. The summed E-state index contributed by atoms with van der Waals surface area (Å²) in [6, 6.07) is 5.67. The summed E-state index contributed by atoms with van der Waals surface area (Å²) in [5, 5.41) is 2.76. The first-order chi connectivity index (χ1) is 8.75. The van der Waals surface area contributed by atoms with E-state index >= 15 is 0 Å². The van der Waals surface area contributed by atoms with Crippen LogP contribution in [0.3, 0.4) is 0 Å². The third-order valence-electron chi connectivity index (χ3n) is 2.94. The summed E-state index contributed by atoms with van der Waals surface area (Å²) in [7, 11) is 0. The Kier molecular flexibility index (Phi) is 4.28. The maximum Gasteiger partial charge on any atom is 0.239 e. The van der Waals surface area contributed by atoms with E-state index in [0.717, 1.165) is 12.1 Å². The first kappa shape index (κ1) is 12.5. The van der Waals surface area contributed by atoms with E-state index in [2.05, 4.69) is 10.3 Å². The van der Waals surface area contributed by atoms with Crippen molar-refractivity contribution < 1.29 is 9.59 Å². The molecular weight excluding hydrogens is 230 g/mol. The first-order valence-electron chi connectivity index (χ1n) is 6.20. The quantitative estimate of drug-likeness (QED) is 0.839. The van der Waals surface area contributed by atoms with Crippen molar-refractivity contribution in [2.75, 3.05) is 19.6 Å². The molecule has 0 saturated carbocycles. The van der Waals surface area contributed by atoms with Crippen molar-refractivity contribution in [3.63, 3.8) is 0 Å². The highest BCUT2D eigenvalue weighted by Gasteiger charge is 2.19. The van der Waals surface area contributed by atoms with Gasteiger partial charge in [-0.1, -0.05) is 6.07 Å². The van der Waals surface area contributed by atoms with Crippen LogP contribution in [-0.4, -0.2) is 41.3 Å². The Morgan fingerprint density at radius 3 is 3.11 bits per heavy atom. The van der Waals surface area contributed by atoms with Gasteiger partial charge in [0.2, 0.25) is 11.8 Å². The lowest BCUT2D eigenvalue weighted by atomic mass is 10.2. The van der Waals surface area contributed by atoms with E-state index in [1.165, 1.54) is 0 Å². The van der Waals surface area contributed by atoms with E-state index in [1.54, 1.807) is 11.1 Å². The lowest BCUT2D eigenvalue weighted by Crippen LogP contribution is -2.37. The highest BCUT2D eigenvalue weighted by atomic mass is 16.2. The van der Waals surface area contributed by atoms with E-state index in [9.17, 15) is 9.59 Å². The number of aromatic nitrogens is 1. The molecule has 0 atom stereocenters. The molecule has 1 aliphatic rings.